The van der Waals surface area contributed by atoms with Crippen LogP contribution >= 0.6 is 0 Å². The second-order valence-electron chi connectivity index (χ2n) is 5.30. The molecular formula is C15H18N4O2. The van der Waals surface area contributed by atoms with Crippen LogP contribution in [0.4, 0.5) is 5.95 Å². The third-order valence-electron chi connectivity index (χ3n) is 3.43. The lowest BCUT2D eigenvalue weighted by Gasteiger charge is -2.06. The lowest BCUT2D eigenvalue weighted by atomic mass is 10.2. The number of nitrogens with one attached hydrogen (secondary N) is 3. The van der Waals surface area contributed by atoms with Gasteiger partial charge in [-0.25, -0.2) is 4.98 Å². The Bertz CT molecular complexity index is 706. The summed E-state index contributed by atoms with van der Waals surface area (Å²) in [7, 11) is 0. The first-order valence-electron chi connectivity index (χ1n) is 7.25. The Balaban J connectivity index is 1.53. The number of carbonyl (C=O) groups is 1. The van der Waals surface area contributed by atoms with Crippen molar-refractivity contribution in [2.45, 2.75) is 31.7 Å². The van der Waals surface area contributed by atoms with Crippen LogP contribution in [-0.2, 0) is 4.79 Å². The number of aromatic nitrogens is 2. The van der Waals surface area contributed by atoms with Crippen LogP contribution < -0.4 is 16.2 Å². The van der Waals surface area contributed by atoms with E-state index in [1.54, 1.807) is 12.1 Å². The largest absolute Gasteiger partial charge is 0.356 e. The van der Waals surface area contributed by atoms with E-state index >= 15 is 0 Å². The highest BCUT2D eigenvalue weighted by molar-refractivity contribution is 5.78. The number of nitrogens with zero attached hydrogens (tertiary/aromatic N) is 1. The van der Waals surface area contributed by atoms with Crippen molar-refractivity contribution in [3.05, 3.63) is 34.6 Å². The molecule has 6 heteroatoms. The topological polar surface area (TPSA) is 86.9 Å². The highest BCUT2D eigenvalue weighted by atomic mass is 16.1. The molecule has 1 aliphatic carbocycles. The molecule has 0 spiro atoms. The summed E-state index contributed by atoms with van der Waals surface area (Å²) < 4.78 is 0. The monoisotopic (exact) mass is 286 g/mol. The smallest absolute Gasteiger partial charge is 0.260 e. The molecule has 0 radical (unpaired) electrons. The van der Waals surface area contributed by atoms with Crippen molar-refractivity contribution in [3.8, 4) is 0 Å². The van der Waals surface area contributed by atoms with Crippen molar-refractivity contribution >= 4 is 22.8 Å². The lowest BCUT2D eigenvalue weighted by molar-refractivity contribution is -0.121. The van der Waals surface area contributed by atoms with Gasteiger partial charge in [0.05, 0.1) is 10.9 Å². The van der Waals surface area contributed by atoms with Gasteiger partial charge < -0.3 is 10.6 Å². The molecule has 6 nitrogen and oxygen atoms in total. The molecule has 1 saturated carbocycles. The summed E-state index contributed by atoms with van der Waals surface area (Å²) >= 11 is 0. The minimum Gasteiger partial charge on any atom is -0.356 e. The van der Waals surface area contributed by atoms with Crippen LogP contribution in [0.3, 0.4) is 0 Å². The molecule has 0 saturated heterocycles. The van der Waals surface area contributed by atoms with Crippen molar-refractivity contribution in [1.29, 1.82) is 0 Å². The number of hydrogen-bond donors (Lipinski definition) is 3. The highest BCUT2D eigenvalue weighted by Crippen LogP contribution is 2.18. The summed E-state index contributed by atoms with van der Waals surface area (Å²) in [6.07, 6.45) is 3.40. The van der Waals surface area contributed by atoms with E-state index in [-0.39, 0.29) is 11.5 Å². The molecule has 1 fully saturated rings. The minimum absolute atomic E-state index is 0.0965. The predicted octanol–water partition coefficient (Wildman–Crippen LogP) is 1.39. The fraction of sp³-hybridized carbons (Fsp3) is 0.400. The third-order valence-corrected chi connectivity index (χ3v) is 3.43. The molecule has 1 aromatic heterocycles. The standard InChI is InChI=1S/C15H18N4O2/c20-13(17-10-7-8-10)6-3-9-16-15-18-12-5-2-1-4-11(12)14(21)19-15/h1-2,4-5,10H,3,6-9H2,(H,17,20)(H2,16,18,19,21). The number of fused-ring (bicyclic) bond motifs is 1. The van der Waals surface area contributed by atoms with Gasteiger partial charge >= 0.3 is 0 Å². The predicted molar refractivity (Wildman–Crippen MR) is 81.3 cm³/mol. The van der Waals surface area contributed by atoms with E-state index in [1.165, 1.54) is 0 Å². The normalized spacial score (nSPS) is 14.1. The third kappa shape index (κ3) is 3.59. The number of benzene rings is 1. The van der Waals surface area contributed by atoms with E-state index in [1.807, 2.05) is 12.1 Å². The maximum Gasteiger partial charge on any atom is 0.260 e. The van der Waals surface area contributed by atoms with E-state index in [2.05, 4.69) is 20.6 Å². The van der Waals surface area contributed by atoms with Gasteiger partial charge in [0, 0.05) is 19.0 Å². The molecule has 3 N–H and O–H groups in total. The number of amides is 1. The lowest BCUT2D eigenvalue weighted by Crippen LogP contribution is -2.25. The van der Waals surface area contributed by atoms with Crippen LogP contribution in [0.1, 0.15) is 25.7 Å². The van der Waals surface area contributed by atoms with Gasteiger partial charge in [-0.3, -0.25) is 14.6 Å². The fourth-order valence-corrected chi connectivity index (χ4v) is 2.15. The average Bonchev–Trinajstić information content (AvgIpc) is 3.28. The van der Waals surface area contributed by atoms with Crippen molar-refractivity contribution in [2.24, 2.45) is 0 Å². The van der Waals surface area contributed by atoms with Crippen molar-refractivity contribution in [2.75, 3.05) is 11.9 Å². The summed E-state index contributed by atoms with van der Waals surface area (Å²) in [5.74, 6) is 0.542. The van der Waals surface area contributed by atoms with Crippen LogP contribution in [0.5, 0.6) is 0 Å². The van der Waals surface area contributed by atoms with Crippen LogP contribution in [-0.4, -0.2) is 28.5 Å². The summed E-state index contributed by atoms with van der Waals surface area (Å²) in [5.41, 5.74) is 0.504. The number of anilines is 1. The van der Waals surface area contributed by atoms with Crippen LogP contribution in [0, 0.1) is 0 Å². The van der Waals surface area contributed by atoms with Crippen molar-refractivity contribution in [3.63, 3.8) is 0 Å². The molecule has 2 aromatic rings. The van der Waals surface area contributed by atoms with Gasteiger partial charge in [0.15, 0.2) is 0 Å². The molecule has 3 rings (SSSR count). The zero-order chi connectivity index (χ0) is 14.7. The number of rotatable bonds is 6. The summed E-state index contributed by atoms with van der Waals surface area (Å²) in [5, 5.41) is 6.58. The Labute approximate surface area is 122 Å². The molecule has 1 amide bonds. The second kappa shape index (κ2) is 5.95. The first kappa shape index (κ1) is 13.6. The van der Waals surface area contributed by atoms with E-state index in [0.29, 0.717) is 42.3 Å². The van der Waals surface area contributed by atoms with Crippen LogP contribution in [0.25, 0.3) is 10.9 Å². The number of carbonyl (C=O) groups excluding carboxylic acids is 1. The molecule has 1 aliphatic rings. The molecular weight excluding hydrogens is 268 g/mol. The van der Waals surface area contributed by atoms with Gasteiger partial charge in [-0.15, -0.1) is 0 Å². The number of para-hydroxylation sites is 1. The van der Waals surface area contributed by atoms with Gasteiger partial charge in [-0.2, -0.15) is 0 Å². The van der Waals surface area contributed by atoms with E-state index in [4.69, 9.17) is 0 Å². The maximum absolute atomic E-state index is 11.9. The first-order valence-corrected chi connectivity index (χ1v) is 7.25. The molecule has 0 bridgehead atoms. The Morgan fingerprint density at radius 1 is 1.33 bits per heavy atom. The first-order chi connectivity index (χ1) is 10.2. The maximum atomic E-state index is 11.9. The molecule has 1 aromatic carbocycles. The van der Waals surface area contributed by atoms with Gasteiger partial charge in [-0.05, 0) is 31.4 Å². The molecule has 0 atom stereocenters. The molecule has 110 valence electrons. The second-order valence-corrected chi connectivity index (χ2v) is 5.30. The van der Waals surface area contributed by atoms with Crippen LogP contribution in [0.2, 0.25) is 0 Å². The van der Waals surface area contributed by atoms with Gasteiger partial charge in [-0.1, -0.05) is 12.1 Å². The Morgan fingerprint density at radius 2 is 2.14 bits per heavy atom. The summed E-state index contributed by atoms with van der Waals surface area (Å²) in [6.45, 7) is 0.597. The van der Waals surface area contributed by atoms with Gasteiger partial charge in [0.2, 0.25) is 11.9 Å². The van der Waals surface area contributed by atoms with Crippen molar-refractivity contribution < 1.29 is 4.79 Å². The summed E-state index contributed by atoms with van der Waals surface area (Å²) in [4.78, 5) is 30.4. The fourth-order valence-electron chi connectivity index (χ4n) is 2.15. The minimum atomic E-state index is -0.158. The Kier molecular flexibility index (Phi) is 3.85. The number of hydrogen-bond acceptors (Lipinski definition) is 4. The number of H-pyrrole nitrogens is 1. The zero-order valence-corrected chi connectivity index (χ0v) is 11.7. The highest BCUT2D eigenvalue weighted by Gasteiger charge is 2.22. The quantitative estimate of drug-likeness (QED) is 0.700. The zero-order valence-electron chi connectivity index (χ0n) is 11.7. The Morgan fingerprint density at radius 3 is 2.95 bits per heavy atom. The number of aromatic amines is 1. The van der Waals surface area contributed by atoms with Gasteiger partial charge in [0.25, 0.3) is 5.56 Å². The molecule has 21 heavy (non-hydrogen) atoms. The molecule has 0 aliphatic heterocycles. The van der Waals surface area contributed by atoms with Gasteiger partial charge in [0.1, 0.15) is 0 Å². The molecule has 0 unspecified atom stereocenters. The summed E-state index contributed by atoms with van der Waals surface area (Å²) in [6, 6.07) is 7.61. The molecule has 1 heterocycles. The van der Waals surface area contributed by atoms with E-state index in [9.17, 15) is 9.59 Å². The van der Waals surface area contributed by atoms with Crippen molar-refractivity contribution in [1.82, 2.24) is 15.3 Å². The Hall–Kier alpha value is -2.37. The van der Waals surface area contributed by atoms with Crippen LogP contribution in [0.15, 0.2) is 29.1 Å². The van der Waals surface area contributed by atoms with E-state index in [0.717, 1.165) is 12.8 Å². The SMILES string of the molecule is O=C(CCCNc1nc2ccccc2c(=O)[nH]1)NC1CC1. The average molecular weight is 286 g/mol. The van der Waals surface area contributed by atoms with E-state index < -0.39 is 0 Å².